The number of carbonyl (C=O) groups is 2. The van der Waals surface area contributed by atoms with E-state index in [-0.39, 0.29) is 25.7 Å². The van der Waals surface area contributed by atoms with Gasteiger partial charge in [0.1, 0.15) is 0 Å². The van der Waals surface area contributed by atoms with Gasteiger partial charge in [-0.25, -0.2) is 5.48 Å². The maximum Gasteiger partial charge on any atom is 0.280 e. The summed E-state index contributed by atoms with van der Waals surface area (Å²) in [5, 5.41) is 9.55. The van der Waals surface area contributed by atoms with Gasteiger partial charge in [0, 0.05) is 19.5 Å². The molecule has 0 aromatic rings. The van der Waals surface area contributed by atoms with E-state index in [0.29, 0.717) is 13.0 Å². The second-order valence-corrected chi connectivity index (χ2v) is 4.29. The Labute approximate surface area is 98.6 Å². The summed E-state index contributed by atoms with van der Waals surface area (Å²) < 4.78 is 4.74. The van der Waals surface area contributed by atoms with Crippen LogP contribution in [0.3, 0.4) is 0 Å². The van der Waals surface area contributed by atoms with Gasteiger partial charge < -0.3 is 14.7 Å². The first kappa shape index (κ1) is 12.3. The molecule has 0 atom stereocenters. The molecule has 0 spiro atoms. The van der Waals surface area contributed by atoms with Crippen LogP contribution in [-0.4, -0.2) is 60.3 Å². The highest BCUT2D eigenvalue weighted by Gasteiger charge is 2.44. The molecule has 17 heavy (non-hydrogen) atoms. The van der Waals surface area contributed by atoms with Gasteiger partial charge >= 0.3 is 0 Å². The third-order valence-electron chi connectivity index (χ3n) is 2.90. The zero-order valence-corrected chi connectivity index (χ0v) is 9.48. The van der Waals surface area contributed by atoms with Crippen molar-refractivity contribution in [1.82, 2.24) is 10.4 Å². The molecule has 96 valence electrons. The lowest BCUT2D eigenvalue weighted by Crippen LogP contribution is -2.60. The largest absolute Gasteiger partial charge is 0.376 e. The molecular weight excluding hydrogens is 228 g/mol. The number of nitrogens with one attached hydrogen (secondary N) is 1. The summed E-state index contributed by atoms with van der Waals surface area (Å²) in [6, 6.07) is 0. The Morgan fingerprint density at radius 3 is 2.88 bits per heavy atom. The zero-order valence-electron chi connectivity index (χ0n) is 9.48. The maximum atomic E-state index is 11.4. The predicted octanol–water partition coefficient (Wildman–Crippen LogP) is -1.58. The molecule has 2 heterocycles. The molecular formula is C10H16N2O5. The fraction of sp³-hybridized carbons (Fsp3) is 0.800. The number of hydrogen-bond acceptors (Lipinski definition) is 5. The van der Waals surface area contributed by atoms with E-state index in [4.69, 9.17) is 9.57 Å². The van der Waals surface area contributed by atoms with Gasteiger partial charge in [-0.1, -0.05) is 0 Å². The molecule has 0 bridgehead atoms. The quantitative estimate of drug-likeness (QED) is 0.450. The number of rotatable bonds is 5. The van der Waals surface area contributed by atoms with Gasteiger partial charge in [-0.05, 0) is 6.42 Å². The molecule has 2 amide bonds. The molecule has 2 saturated heterocycles. The van der Waals surface area contributed by atoms with Crippen molar-refractivity contribution in [2.24, 2.45) is 0 Å². The smallest absolute Gasteiger partial charge is 0.280 e. The Balaban J connectivity index is 1.60. The molecule has 0 unspecified atom stereocenters. The van der Waals surface area contributed by atoms with Gasteiger partial charge in [-0.3, -0.25) is 14.4 Å². The lowest BCUT2D eigenvalue weighted by atomic mass is 10.0. The maximum absolute atomic E-state index is 11.4. The molecule has 0 radical (unpaired) electrons. The molecule has 2 fully saturated rings. The third-order valence-corrected chi connectivity index (χ3v) is 2.90. The highest BCUT2D eigenvalue weighted by molar-refractivity contribution is 5.85. The average Bonchev–Trinajstić information content (AvgIpc) is 2.67. The van der Waals surface area contributed by atoms with Crippen molar-refractivity contribution in [3.63, 3.8) is 0 Å². The molecule has 2 rings (SSSR count). The van der Waals surface area contributed by atoms with Gasteiger partial charge in [0.2, 0.25) is 5.91 Å². The predicted molar refractivity (Wildman–Crippen MR) is 55.7 cm³/mol. The molecule has 7 heteroatoms. The van der Waals surface area contributed by atoms with E-state index >= 15 is 0 Å². The number of aliphatic hydroxyl groups is 1. The van der Waals surface area contributed by atoms with Crippen molar-refractivity contribution in [3.8, 4) is 0 Å². The van der Waals surface area contributed by atoms with E-state index < -0.39 is 11.5 Å². The van der Waals surface area contributed by atoms with Crippen LogP contribution in [0.4, 0.5) is 0 Å². The average molecular weight is 244 g/mol. The summed E-state index contributed by atoms with van der Waals surface area (Å²) in [4.78, 5) is 29.2. The van der Waals surface area contributed by atoms with Crippen molar-refractivity contribution in [1.29, 1.82) is 0 Å². The first-order chi connectivity index (χ1) is 8.12. The Kier molecular flexibility index (Phi) is 3.60. The molecule has 7 nitrogen and oxygen atoms in total. The van der Waals surface area contributed by atoms with Crippen LogP contribution in [0.15, 0.2) is 0 Å². The summed E-state index contributed by atoms with van der Waals surface area (Å²) in [5.74, 6) is -0.484. The van der Waals surface area contributed by atoms with E-state index in [1.807, 2.05) is 0 Å². The van der Waals surface area contributed by atoms with Crippen molar-refractivity contribution in [2.75, 3.05) is 32.9 Å². The summed E-state index contributed by atoms with van der Waals surface area (Å²) in [7, 11) is 0. The van der Waals surface area contributed by atoms with Crippen LogP contribution >= 0.6 is 0 Å². The number of nitrogens with zero attached hydrogens (tertiary/aromatic N) is 1. The summed E-state index contributed by atoms with van der Waals surface area (Å²) in [6.45, 7) is 1.40. The standard InChI is InChI=1S/C10H16N2O5/c13-8-2-1-3-12(8)4-5-17-11-9(14)10(15)6-16-7-10/h15H,1-7H2,(H,11,14). The zero-order chi connectivity index (χ0) is 12.3. The van der Waals surface area contributed by atoms with Gasteiger partial charge in [0.15, 0.2) is 5.60 Å². The van der Waals surface area contributed by atoms with Crippen LogP contribution in [-0.2, 0) is 19.2 Å². The van der Waals surface area contributed by atoms with Crippen molar-refractivity contribution >= 4 is 11.8 Å². The molecule has 2 aliphatic rings. The lowest BCUT2D eigenvalue weighted by Gasteiger charge is -2.34. The number of amides is 2. The topological polar surface area (TPSA) is 88.1 Å². The second-order valence-electron chi connectivity index (χ2n) is 4.29. The van der Waals surface area contributed by atoms with Crippen LogP contribution in [0, 0.1) is 0 Å². The summed E-state index contributed by atoms with van der Waals surface area (Å²) in [6.07, 6.45) is 1.46. The first-order valence-corrected chi connectivity index (χ1v) is 5.62. The minimum Gasteiger partial charge on any atom is -0.376 e. The van der Waals surface area contributed by atoms with E-state index in [9.17, 15) is 14.7 Å². The highest BCUT2D eigenvalue weighted by Crippen LogP contribution is 2.16. The van der Waals surface area contributed by atoms with Crippen LogP contribution in [0.1, 0.15) is 12.8 Å². The van der Waals surface area contributed by atoms with Gasteiger partial charge in [0.25, 0.3) is 5.91 Å². The van der Waals surface area contributed by atoms with Gasteiger partial charge in [0.05, 0.1) is 19.8 Å². The number of hydroxylamine groups is 1. The molecule has 0 aromatic carbocycles. The second kappa shape index (κ2) is 4.99. The Hall–Kier alpha value is -1.18. The molecule has 0 aliphatic carbocycles. The minimum absolute atomic E-state index is 0.00714. The van der Waals surface area contributed by atoms with Crippen molar-refractivity contribution in [2.45, 2.75) is 18.4 Å². The molecule has 2 N–H and O–H groups in total. The third kappa shape index (κ3) is 2.74. The number of hydrogen-bond donors (Lipinski definition) is 2. The first-order valence-electron chi connectivity index (χ1n) is 5.62. The van der Waals surface area contributed by atoms with Gasteiger partial charge in [-0.15, -0.1) is 0 Å². The van der Waals surface area contributed by atoms with Gasteiger partial charge in [-0.2, -0.15) is 0 Å². The van der Waals surface area contributed by atoms with E-state index in [1.54, 1.807) is 4.90 Å². The number of carbonyl (C=O) groups excluding carboxylic acids is 2. The normalized spacial score (nSPS) is 22.4. The monoisotopic (exact) mass is 244 g/mol. The number of ether oxygens (including phenoxy) is 1. The van der Waals surface area contributed by atoms with Crippen LogP contribution in [0.2, 0.25) is 0 Å². The fourth-order valence-corrected chi connectivity index (χ4v) is 1.73. The highest BCUT2D eigenvalue weighted by atomic mass is 16.7. The number of likely N-dealkylation sites (tertiary alicyclic amines) is 1. The minimum atomic E-state index is -1.45. The molecule has 0 aromatic heterocycles. The SMILES string of the molecule is O=C1CCCN1CCONC(=O)C1(O)COC1. The van der Waals surface area contributed by atoms with E-state index in [2.05, 4.69) is 5.48 Å². The molecule has 2 aliphatic heterocycles. The Morgan fingerprint density at radius 1 is 1.59 bits per heavy atom. The summed E-state index contributed by atoms with van der Waals surface area (Å²) in [5.41, 5.74) is 0.702. The Bertz CT molecular complexity index is 316. The van der Waals surface area contributed by atoms with Crippen LogP contribution < -0.4 is 5.48 Å². The van der Waals surface area contributed by atoms with Crippen molar-refractivity contribution in [3.05, 3.63) is 0 Å². The van der Waals surface area contributed by atoms with Crippen LogP contribution in [0.25, 0.3) is 0 Å². The fourth-order valence-electron chi connectivity index (χ4n) is 1.73. The van der Waals surface area contributed by atoms with Crippen molar-refractivity contribution < 1.29 is 24.3 Å². The molecule has 0 saturated carbocycles. The summed E-state index contributed by atoms with van der Waals surface area (Å²) >= 11 is 0. The van der Waals surface area contributed by atoms with E-state index in [1.165, 1.54) is 0 Å². The lowest BCUT2D eigenvalue weighted by molar-refractivity contribution is -0.200. The Morgan fingerprint density at radius 2 is 2.35 bits per heavy atom. The van der Waals surface area contributed by atoms with E-state index in [0.717, 1.165) is 13.0 Å². The van der Waals surface area contributed by atoms with Crippen LogP contribution in [0.5, 0.6) is 0 Å².